The normalized spacial score (nSPS) is 14.8. The molecule has 0 aromatic heterocycles. The highest BCUT2D eigenvalue weighted by Crippen LogP contribution is 2.62. The fourth-order valence-electron chi connectivity index (χ4n) is 2.30. The van der Waals surface area contributed by atoms with Crippen molar-refractivity contribution >= 4 is 11.9 Å². The molecule has 0 aromatic rings. The van der Waals surface area contributed by atoms with Crippen LogP contribution in [0.25, 0.3) is 0 Å². The minimum absolute atomic E-state index is 0.548. The van der Waals surface area contributed by atoms with E-state index in [1.807, 2.05) is 0 Å². The van der Waals surface area contributed by atoms with E-state index in [4.69, 9.17) is 0 Å². The van der Waals surface area contributed by atoms with Crippen LogP contribution in [-0.2, 0) is 19.1 Å². The van der Waals surface area contributed by atoms with Gasteiger partial charge in [0, 0.05) is 6.42 Å². The largest absolute Gasteiger partial charge is 0.465 e. The lowest BCUT2D eigenvalue weighted by molar-refractivity contribution is -0.452. The average molecular weight is 556 g/mol. The van der Waals surface area contributed by atoms with Gasteiger partial charge in [-0.2, -0.15) is 65.9 Å². The van der Waals surface area contributed by atoms with Crippen LogP contribution < -0.4 is 0 Å². The Balaban J connectivity index is 6.31. The molecule has 208 valence electrons. The minimum Gasteiger partial charge on any atom is -0.465 e. The molecule has 0 unspecified atom stereocenters. The van der Waals surface area contributed by atoms with Crippen LogP contribution in [0.5, 0.6) is 0 Å². The maximum absolute atomic E-state index is 13.9. The topological polar surface area (TPSA) is 52.6 Å². The number of rotatable bonds is 12. The van der Waals surface area contributed by atoms with Gasteiger partial charge >= 0.3 is 53.7 Å². The Morgan fingerprint density at radius 3 is 1.20 bits per heavy atom. The molecule has 0 fully saturated rings. The van der Waals surface area contributed by atoms with E-state index in [1.165, 1.54) is 0 Å². The van der Waals surface area contributed by atoms with Crippen molar-refractivity contribution in [1.82, 2.24) is 0 Å². The molecule has 0 aromatic carbocycles. The van der Waals surface area contributed by atoms with Crippen LogP contribution in [-0.4, -0.2) is 66.9 Å². The van der Waals surface area contributed by atoms with E-state index in [-0.39, 0.29) is 0 Å². The lowest BCUT2D eigenvalue weighted by Gasteiger charge is -2.41. The number of esters is 2. The van der Waals surface area contributed by atoms with Gasteiger partial charge in [0.1, 0.15) is 0 Å². The van der Waals surface area contributed by atoms with Crippen molar-refractivity contribution in [1.29, 1.82) is 0 Å². The zero-order valence-corrected chi connectivity index (χ0v) is 17.2. The Morgan fingerprint density at radius 1 is 0.571 bits per heavy atom. The maximum Gasteiger partial charge on any atom is 0.460 e. The first kappa shape index (κ1) is 32.9. The van der Waals surface area contributed by atoms with E-state index in [0.717, 1.165) is 13.8 Å². The predicted octanol–water partition coefficient (Wildman–Crippen LogP) is 5.88. The molecule has 0 aliphatic rings. The van der Waals surface area contributed by atoms with Crippen LogP contribution in [0.2, 0.25) is 0 Å². The zero-order chi connectivity index (χ0) is 28.5. The van der Waals surface area contributed by atoms with Crippen LogP contribution >= 0.6 is 0 Å². The molecule has 0 bridgehead atoms. The highest BCUT2D eigenvalue weighted by atomic mass is 19.4. The molecule has 0 N–H and O–H groups in total. The van der Waals surface area contributed by atoms with E-state index < -0.39 is 85.6 Å². The first-order valence-corrected chi connectivity index (χ1v) is 8.98. The SMILES string of the molecule is CCOC(=O)C(CCC(F)(F)C(F)(F)C(F)(F)C(F)(F)C(F)(F)C(F)(F)C(F)(F)F)C(=O)OCC. The van der Waals surface area contributed by atoms with E-state index in [0.29, 0.717) is 0 Å². The number of halogens is 15. The molecular weight excluding hydrogens is 541 g/mol. The van der Waals surface area contributed by atoms with E-state index in [2.05, 4.69) is 9.47 Å². The molecule has 0 spiro atoms. The average Bonchev–Trinajstić information content (AvgIpc) is 2.66. The highest BCUT2D eigenvalue weighted by Gasteiger charge is 2.93. The zero-order valence-electron chi connectivity index (χ0n) is 17.2. The molecule has 0 heterocycles. The van der Waals surface area contributed by atoms with Crippen LogP contribution in [0.3, 0.4) is 0 Å². The molecule has 35 heavy (non-hydrogen) atoms. The van der Waals surface area contributed by atoms with Gasteiger partial charge in [-0.1, -0.05) is 0 Å². The van der Waals surface area contributed by atoms with Gasteiger partial charge in [0.15, 0.2) is 5.92 Å². The number of alkyl halides is 15. The van der Waals surface area contributed by atoms with Crippen LogP contribution in [0, 0.1) is 5.92 Å². The standard InChI is InChI=1S/C16H15F15O4/c1-3-34-8(32)7(9(33)35-4-2)5-6-10(17,18)11(19,20)12(21,22)13(23,24)14(25,26)15(27,28)16(29,30)31/h7H,3-6H2,1-2H3. The lowest BCUT2D eigenvalue weighted by atomic mass is 9.88. The fourth-order valence-corrected chi connectivity index (χ4v) is 2.30. The molecule has 19 heteroatoms. The van der Waals surface area contributed by atoms with Crippen LogP contribution in [0.15, 0.2) is 0 Å². The van der Waals surface area contributed by atoms with Crippen molar-refractivity contribution in [2.24, 2.45) is 5.92 Å². The Bertz CT molecular complexity index is 743. The van der Waals surface area contributed by atoms with Crippen molar-refractivity contribution in [3.8, 4) is 0 Å². The number of hydrogen-bond donors (Lipinski definition) is 0. The summed E-state index contributed by atoms with van der Waals surface area (Å²) in [4.78, 5) is 23.2. The molecule has 0 aliphatic heterocycles. The van der Waals surface area contributed by atoms with E-state index >= 15 is 0 Å². The van der Waals surface area contributed by atoms with Crippen molar-refractivity contribution in [2.45, 2.75) is 68.4 Å². The third kappa shape index (κ3) is 5.51. The molecular formula is C16H15F15O4. The number of hydrogen-bond acceptors (Lipinski definition) is 4. The monoisotopic (exact) mass is 556 g/mol. The summed E-state index contributed by atoms with van der Waals surface area (Å²) in [6.45, 7) is 1.10. The Kier molecular flexibility index (Phi) is 9.49. The summed E-state index contributed by atoms with van der Waals surface area (Å²) in [5, 5.41) is 0. The predicted molar refractivity (Wildman–Crippen MR) is 81.7 cm³/mol. The second-order valence-corrected chi connectivity index (χ2v) is 6.67. The van der Waals surface area contributed by atoms with E-state index in [1.54, 1.807) is 0 Å². The summed E-state index contributed by atoms with van der Waals surface area (Å²) in [5.41, 5.74) is 0. The summed E-state index contributed by atoms with van der Waals surface area (Å²) in [6, 6.07) is 0. The Labute approximate surface area is 185 Å². The van der Waals surface area contributed by atoms with Gasteiger partial charge in [-0.15, -0.1) is 0 Å². The number of ether oxygens (including phenoxy) is 2. The van der Waals surface area contributed by atoms with Crippen molar-refractivity contribution < 1.29 is 84.9 Å². The third-order valence-electron chi connectivity index (χ3n) is 4.28. The summed E-state index contributed by atoms with van der Waals surface area (Å²) in [7, 11) is 0. The molecule has 0 saturated heterocycles. The lowest BCUT2D eigenvalue weighted by Crippen LogP contribution is -2.72. The Morgan fingerprint density at radius 2 is 0.886 bits per heavy atom. The molecule has 0 saturated carbocycles. The summed E-state index contributed by atoms with van der Waals surface area (Å²) in [6.07, 6.45) is -12.4. The molecule has 0 amide bonds. The second-order valence-electron chi connectivity index (χ2n) is 6.67. The van der Waals surface area contributed by atoms with Gasteiger partial charge in [0.2, 0.25) is 0 Å². The third-order valence-corrected chi connectivity index (χ3v) is 4.28. The van der Waals surface area contributed by atoms with Gasteiger partial charge in [0.25, 0.3) is 0 Å². The highest BCUT2D eigenvalue weighted by molar-refractivity contribution is 5.94. The van der Waals surface area contributed by atoms with Gasteiger partial charge in [-0.05, 0) is 20.3 Å². The quantitative estimate of drug-likeness (QED) is 0.171. The first-order chi connectivity index (χ1) is 15.3. The van der Waals surface area contributed by atoms with Crippen molar-refractivity contribution in [2.75, 3.05) is 13.2 Å². The Hall–Kier alpha value is -2.11. The summed E-state index contributed by atoms with van der Waals surface area (Å²) >= 11 is 0. The number of carbonyl (C=O) groups excluding carboxylic acids is 2. The van der Waals surface area contributed by atoms with Crippen molar-refractivity contribution in [3.05, 3.63) is 0 Å². The van der Waals surface area contributed by atoms with Crippen LogP contribution in [0.4, 0.5) is 65.9 Å². The fraction of sp³-hybridized carbons (Fsp3) is 0.875. The number of carbonyl (C=O) groups is 2. The van der Waals surface area contributed by atoms with Gasteiger partial charge in [0.05, 0.1) is 13.2 Å². The molecule has 0 radical (unpaired) electrons. The summed E-state index contributed by atoms with van der Waals surface area (Å²) < 4.78 is 206. The first-order valence-electron chi connectivity index (χ1n) is 8.98. The smallest absolute Gasteiger partial charge is 0.460 e. The van der Waals surface area contributed by atoms with Gasteiger partial charge in [-0.25, -0.2) is 0 Å². The maximum atomic E-state index is 13.9. The second kappa shape index (κ2) is 10.1. The summed E-state index contributed by atoms with van der Waals surface area (Å²) in [5.74, 6) is -53.4. The van der Waals surface area contributed by atoms with Gasteiger partial charge < -0.3 is 9.47 Å². The minimum atomic E-state index is -8.41. The molecule has 0 atom stereocenters. The van der Waals surface area contributed by atoms with Crippen molar-refractivity contribution in [3.63, 3.8) is 0 Å². The van der Waals surface area contributed by atoms with Gasteiger partial charge in [-0.3, -0.25) is 9.59 Å². The molecule has 4 nitrogen and oxygen atoms in total. The van der Waals surface area contributed by atoms with E-state index in [9.17, 15) is 75.4 Å². The molecule has 0 aliphatic carbocycles. The van der Waals surface area contributed by atoms with Crippen LogP contribution in [0.1, 0.15) is 26.7 Å². The molecule has 0 rings (SSSR count).